The van der Waals surface area contributed by atoms with Gasteiger partial charge in [-0.1, -0.05) is 13.8 Å². The van der Waals surface area contributed by atoms with Gasteiger partial charge in [0.25, 0.3) is 0 Å². The zero-order valence-corrected chi connectivity index (χ0v) is 7.20. The Morgan fingerprint density at radius 1 is 1.58 bits per heavy atom. The van der Waals surface area contributed by atoms with Crippen molar-refractivity contribution in [1.82, 2.24) is 9.55 Å². The highest BCUT2D eigenvalue weighted by molar-refractivity contribution is 5.82. The highest BCUT2D eigenvalue weighted by Gasteiger charge is 2.04. The third kappa shape index (κ3) is 1.58. The zero-order chi connectivity index (χ0) is 9.14. The summed E-state index contributed by atoms with van der Waals surface area (Å²) in [4.78, 5) is 3.77. The Kier molecular flexibility index (Phi) is 2.38. The molecule has 0 unspecified atom stereocenters. The fourth-order valence-corrected chi connectivity index (χ4v) is 0.844. The molecule has 1 aromatic rings. The molecule has 0 aliphatic rings. The molecular weight excluding hydrogens is 152 g/mol. The van der Waals surface area contributed by atoms with Crippen LogP contribution < -0.4 is 5.62 Å². The molecule has 0 aromatic carbocycles. The van der Waals surface area contributed by atoms with Gasteiger partial charge in [-0.25, -0.2) is 4.98 Å². The van der Waals surface area contributed by atoms with Crippen molar-refractivity contribution in [1.29, 1.82) is 10.8 Å². The van der Waals surface area contributed by atoms with Gasteiger partial charge in [-0.15, -0.1) is 0 Å². The first kappa shape index (κ1) is 8.64. The van der Waals surface area contributed by atoms with Crippen molar-refractivity contribution in [2.75, 3.05) is 0 Å². The van der Waals surface area contributed by atoms with E-state index in [1.54, 1.807) is 18.5 Å². The van der Waals surface area contributed by atoms with E-state index in [-0.39, 0.29) is 11.5 Å². The maximum absolute atomic E-state index is 7.63. The van der Waals surface area contributed by atoms with E-state index < -0.39 is 0 Å². The molecule has 0 spiro atoms. The first-order valence-corrected chi connectivity index (χ1v) is 3.80. The normalized spacial score (nSPS) is 10.2. The fraction of sp³-hybridized carbons (Fsp3) is 0.375. The monoisotopic (exact) mass is 164 g/mol. The van der Waals surface area contributed by atoms with Crippen molar-refractivity contribution < 1.29 is 0 Å². The molecule has 1 heterocycles. The molecule has 0 aliphatic heterocycles. The van der Waals surface area contributed by atoms with Crippen LogP contribution in [0.15, 0.2) is 18.5 Å². The van der Waals surface area contributed by atoms with E-state index in [1.165, 1.54) is 4.57 Å². The zero-order valence-electron chi connectivity index (χ0n) is 7.20. The maximum atomic E-state index is 7.63. The predicted molar refractivity (Wildman–Crippen MR) is 46.0 cm³/mol. The van der Waals surface area contributed by atoms with Crippen LogP contribution >= 0.6 is 0 Å². The van der Waals surface area contributed by atoms with Crippen molar-refractivity contribution in [3.8, 4) is 0 Å². The van der Waals surface area contributed by atoms with Crippen molar-refractivity contribution in [2.45, 2.75) is 13.8 Å². The predicted octanol–water partition coefficient (Wildman–Crippen LogP) is 0.844. The van der Waals surface area contributed by atoms with Crippen LogP contribution in [0.25, 0.3) is 0 Å². The Balaban J connectivity index is 3.12. The molecule has 1 aromatic heterocycles. The van der Waals surface area contributed by atoms with Crippen molar-refractivity contribution in [2.24, 2.45) is 5.92 Å². The van der Waals surface area contributed by atoms with Crippen LogP contribution in [0.1, 0.15) is 13.8 Å². The minimum absolute atomic E-state index is 0.108. The summed E-state index contributed by atoms with van der Waals surface area (Å²) in [5.41, 5.74) is 0.108. The van der Waals surface area contributed by atoms with E-state index in [4.69, 9.17) is 10.8 Å². The first-order valence-electron chi connectivity index (χ1n) is 3.80. The molecule has 0 fully saturated rings. The van der Waals surface area contributed by atoms with Gasteiger partial charge in [-0.3, -0.25) is 15.4 Å². The first-order chi connectivity index (χ1) is 5.63. The molecule has 4 heteroatoms. The minimum atomic E-state index is 0.108. The van der Waals surface area contributed by atoms with Crippen LogP contribution in [0, 0.1) is 16.7 Å². The second-order valence-electron chi connectivity index (χ2n) is 2.85. The van der Waals surface area contributed by atoms with Crippen LogP contribution in [0.4, 0.5) is 0 Å². The third-order valence-electron chi connectivity index (χ3n) is 1.55. The minimum Gasteiger partial charge on any atom is -0.288 e. The molecule has 1 rings (SSSR count). The number of nitrogens with zero attached hydrogens (tertiary/aromatic N) is 2. The van der Waals surface area contributed by atoms with Gasteiger partial charge in [-0.2, -0.15) is 0 Å². The van der Waals surface area contributed by atoms with Crippen LogP contribution in [0.5, 0.6) is 0 Å². The molecule has 0 aliphatic carbocycles. The second kappa shape index (κ2) is 3.30. The molecule has 0 saturated carbocycles. The van der Waals surface area contributed by atoms with E-state index in [0.717, 1.165) is 0 Å². The lowest BCUT2D eigenvalue weighted by atomic mass is 10.2. The molecule has 0 radical (unpaired) electrons. The van der Waals surface area contributed by atoms with Crippen molar-refractivity contribution in [3.05, 3.63) is 24.1 Å². The van der Waals surface area contributed by atoms with E-state index in [2.05, 4.69) is 4.98 Å². The average Bonchev–Trinajstić information content (AvgIpc) is 2.04. The van der Waals surface area contributed by atoms with E-state index in [9.17, 15) is 0 Å². The lowest BCUT2D eigenvalue weighted by Crippen LogP contribution is -2.30. The highest BCUT2D eigenvalue weighted by Crippen LogP contribution is 1.94. The van der Waals surface area contributed by atoms with Crippen LogP contribution in [-0.4, -0.2) is 15.4 Å². The summed E-state index contributed by atoms with van der Waals surface area (Å²) in [6.45, 7) is 3.84. The summed E-state index contributed by atoms with van der Waals surface area (Å²) in [5.74, 6) is 0.511. The summed E-state index contributed by atoms with van der Waals surface area (Å²) >= 11 is 0. The Labute approximate surface area is 70.9 Å². The molecule has 0 saturated heterocycles. The van der Waals surface area contributed by atoms with Gasteiger partial charge in [0, 0.05) is 18.3 Å². The summed E-state index contributed by atoms with van der Waals surface area (Å²) in [5, 5.41) is 15.0. The summed E-state index contributed by atoms with van der Waals surface area (Å²) < 4.78 is 1.46. The Bertz CT molecular complexity index is 337. The Morgan fingerprint density at radius 3 is 2.75 bits per heavy atom. The Hall–Kier alpha value is -1.45. The SMILES string of the molecule is CC(C)C(=N)n1cccnc1=N. The molecule has 0 bridgehead atoms. The topological polar surface area (TPSA) is 65.5 Å². The highest BCUT2D eigenvalue weighted by atomic mass is 15.1. The number of aromatic nitrogens is 2. The lowest BCUT2D eigenvalue weighted by molar-refractivity contribution is 0.775. The quantitative estimate of drug-likeness (QED) is 0.469. The molecule has 12 heavy (non-hydrogen) atoms. The largest absolute Gasteiger partial charge is 0.288 e. The molecule has 0 amide bonds. The van der Waals surface area contributed by atoms with Crippen LogP contribution in [0.2, 0.25) is 0 Å². The second-order valence-corrected chi connectivity index (χ2v) is 2.85. The maximum Gasteiger partial charge on any atom is 0.227 e. The van der Waals surface area contributed by atoms with Gasteiger partial charge in [0.2, 0.25) is 5.62 Å². The number of nitrogens with one attached hydrogen (secondary N) is 2. The van der Waals surface area contributed by atoms with Gasteiger partial charge in [0.1, 0.15) is 5.84 Å². The van der Waals surface area contributed by atoms with Gasteiger partial charge >= 0.3 is 0 Å². The van der Waals surface area contributed by atoms with Crippen molar-refractivity contribution >= 4 is 5.84 Å². The summed E-state index contributed by atoms with van der Waals surface area (Å²) in [6.07, 6.45) is 3.23. The summed E-state index contributed by atoms with van der Waals surface area (Å²) in [6, 6.07) is 1.72. The van der Waals surface area contributed by atoms with Crippen LogP contribution in [-0.2, 0) is 0 Å². The van der Waals surface area contributed by atoms with E-state index >= 15 is 0 Å². The van der Waals surface area contributed by atoms with Gasteiger partial charge in [0.15, 0.2) is 0 Å². The van der Waals surface area contributed by atoms with Crippen LogP contribution in [0.3, 0.4) is 0 Å². The number of hydrogen-bond acceptors (Lipinski definition) is 3. The molecular formula is C8H12N4. The molecule has 0 atom stereocenters. The number of rotatable bonds is 1. The van der Waals surface area contributed by atoms with Crippen molar-refractivity contribution in [3.63, 3.8) is 0 Å². The average molecular weight is 164 g/mol. The molecule has 2 N–H and O–H groups in total. The molecule has 64 valence electrons. The van der Waals surface area contributed by atoms with E-state index in [0.29, 0.717) is 5.84 Å². The standard InChI is InChI=1S/C8H12N4/c1-6(2)7(9)12-5-3-4-11-8(12)10/h3-6,9-10H,1-2H3. The van der Waals surface area contributed by atoms with Gasteiger partial charge in [-0.05, 0) is 6.07 Å². The number of hydrogen-bond donors (Lipinski definition) is 2. The summed E-state index contributed by atoms with van der Waals surface area (Å²) in [7, 11) is 0. The van der Waals surface area contributed by atoms with Gasteiger partial charge in [0.05, 0.1) is 0 Å². The Morgan fingerprint density at radius 2 is 2.25 bits per heavy atom. The van der Waals surface area contributed by atoms with E-state index in [1.807, 2.05) is 13.8 Å². The third-order valence-corrected chi connectivity index (χ3v) is 1.55. The molecule has 4 nitrogen and oxygen atoms in total. The smallest absolute Gasteiger partial charge is 0.227 e. The lowest BCUT2D eigenvalue weighted by Gasteiger charge is -2.09. The van der Waals surface area contributed by atoms with Gasteiger partial charge < -0.3 is 0 Å². The fourth-order valence-electron chi connectivity index (χ4n) is 0.844.